The average molecular weight is 202 g/mol. The Labute approximate surface area is 82.3 Å². The number of carbonyl (C=O) groups is 2. The lowest BCUT2D eigenvalue weighted by atomic mass is 10.1. The topological polar surface area (TPSA) is 43.4 Å². The lowest BCUT2D eigenvalue weighted by Gasteiger charge is -2.07. The molecule has 0 aromatic rings. The lowest BCUT2D eigenvalue weighted by molar-refractivity contribution is -0.151. The van der Waals surface area contributed by atoms with Gasteiger partial charge in [-0.3, -0.25) is 4.79 Å². The first-order chi connectivity index (χ1) is 6.13. The Morgan fingerprint density at radius 3 is 2.46 bits per heavy atom. The molecule has 0 aliphatic rings. The Kier molecular flexibility index (Phi) is 6.49. The van der Waals surface area contributed by atoms with Crippen LogP contribution in [0.2, 0.25) is 5.54 Å². The second kappa shape index (κ2) is 6.83. The van der Waals surface area contributed by atoms with Gasteiger partial charge in [-0.15, -0.1) is 0 Å². The maximum atomic E-state index is 11.2. The van der Waals surface area contributed by atoms with Crippen molar-refractivity contribution in [2.24, 2.45) is 0 Å². The average Bonchev–Trinajstić information content (AvgIpc) is 2.15. The fourth-order valence-electron chi connectivity index (χ4n) is 1.13. The van der Waals surface area contributed by atoms with Gasteiger partial charge in [0.1, 0.15) is 0 Å². The summed E-state index contributed by atoms with van der Waals surface area (Å²) in [7, 11) is 1.99. The molecule has 4 heteroatoms. The summed E-state index contributed by atoms with van der Waals surface area (Å²) in [6, 6.07) is 0. The Morgan fingerprint density at radius 1 is 1.38 bits per heavy atom. The Hall–Kier alpha value is -0.643. The van der Waals surface area contributed by atoms with Gasteiger partial charge >= 0.3 is 5.97 Å². The molecule has 1 atom stereocenters. The van der Waals surface area contributed by atoms with Crippen LogP contribution in [0.25, 0.3) is 0 Å². The first kappa shape index (κ1) is 12.4. The van der Waals surface area contributed by atoms with Crippen LogP contribution in [0.1, 0.15) is 32.6 Å². The van der Waals surface area contributed by atoms with Crippen molar-refractivity contribution in [3.63, 3.8) is 0 Å². The number of rotatable bonds is 6. The summed E-state index contributed by atoms with van der Waals surface area (Å²) >= 11 is 0. The van der Waals surface area contributed by atoms with Crippen LogP contribution in [0.5, 0.6) is 0 Å². The zero-order chi connectivity index (χ0) is 10.3. The maximum Gasteiger partial charge on any atom is 0.374 e. The predicted molar refractivity (Wildman–Crippen MR) is 54.9 cm³/mol. The van der Waals surface area contributed by atoms with E-state index < -0.39 is 5.97 Å². The highest BCUT2D eigenvalue weighted by molar-refractivity contribution is 6.44. The van der Waals surface area contributed by atoms with Crippen molar-refractivity contribution >= 4 is 22.0 Å². The molecule has 0 aromatic heterocycles. The van der Waals surface area contributed by atoms with Gasteiger partial charge in [0.05, 0.1) is 7.11 Å². The zero-order valence-electron chi connectivity index (χ0n) is 8.63. The van der Waals surface area contributed by atoms with E-state index in [0.29, 0.717) is 0 Å². The monoisotopic (exact) mass is 202 g/mol. The van der Waals surface area contributed by atoms with Crippen LogP contribution >= 0.6 is 0 Å². The summed E-state index contributed by atoms with van der Waals surface area (Å²) < 4.78 is 4.37. The van der Waals surface area contributed by atoms with Crippen LogP contribution in [-0.2, 0) is 14.3 Å². The van der Waals surface area contributed by atoms with Gasteiger partial charge < -0.3 is 4.74 Å². The smallest absolute Gasteiger partial charge is 0.374 e. The molecule has 0 fully saturated rings. The Bertz CT molecular complexity index is 180. The van der Waals surface area contributed by atoms with E-state index in [-0.39, 0.29) is 11.3 Å². The SMILES string of the molecule is CCCCCC([SiH3])C(=O)C(=O)OC. The van der Waals surface area contributed by atoms with Crippen LogP contribution in [0.15, 0.2) is 0 Å². The summed E-state index contributed by atoms with van der Waals surface area (Å²) in [5.41, 5.74) is -0.0565. The highest BCUT2D eigenvalue weighted by atomic mass is 28.1. The molecule has 0 bridgehead atoms. The number of ether oxygens (including phenoxy) is 1. The summed E-state index contributed by atoms with van der Waals surface area (Å²) in [5.74, 6) is -1.03. The molecule has 3 nitrogen and oxygen atoms in total. The highest BCUT2D eigenvalue weighted by Crippen LogP contribution is 2.13. The molecule has 0 aliphatic carbocycles. The summed E-state index contributed by atoms with van der Waals surface area (Å²) in [6.45, 7) is 2.12. The van der Waals surface area contributed by atoms with Crippen molar-refractivity contribution < 1.29 is 14.3 Å². The minimum atomic E-state index is -0.684. The van der Waals surface area contributed by atoms with Gasteiger partial charge in [0.15, 0.2) is 0 Å². The fraction of sp³-hybridized carbons (Fsp3) is 0.778. The molecule has 13 heavy (non-hydrogen) atoms. The van der Waals surface area contributed by atoms with Crippen molar-refractivity contribution in [3.05, 3.63) is 0 Å². The molecule has 0 saturated carbocycles. The van der Waals surface area contributed by atoms with E-state index in [1.807, 2.05) is 0 Å². The first-order valence-electron chi connectivity index (χ1n) is 4.75. The largest absolute Gasteiger partial charge is 0.463 e. The van der Waals surface area contributed by atoms with Crippen molar-refractivity contribution in [1.82, 2.24) is 0 Å². The highest BCUT2D eigenvalue weighted by Gasteiger charge is 2.20. The first-order valence-corrected chi connectivity index (χ1v) is 5.91. The molecular weight excluding hydrogens is 184 g/mol. The molecule has 76 valence electrons. The molecular formula is C9H18O3Si. The molecule has 0 amide bonds. The second-order valence-electron chi connectivity index (χ2n) is 3.25. The van der Waals surface area contributed by atoms with Gasteiger partial charge in [0.25, 0.3) is 0 Å². The van der Waals surface area contributed by atoms with E-state index in [1.54, 1.807) is 0 Å². The molecule has 0 N–H and O–H groups in total. The van der Waals surface area contributed by atoms with Crippen LogP contribution < -0.4 is 0 Å². The van der Waals surface area contributed by atoms with Crippen molar-refractivity contribution in [1.29, 1.82) is 0 Å². The zero-order valence-corrected chi connectivity index (χ0v) is 10.6. The van der Waals surface area contributed by atoms with E-state index in [1.165, 1.54) is 7.11 Å². The number of methoxy groups -OCH3 is 1. The normalized spacial score (nSPS) is 12.5. The number of hydrogen-bond acceptors (Lipinski definition) is 3. The van der Waals surface area contributed by atoms with Crippen LogP contribution in [0, 0.1) is 0 Å². The summed E-state index contributed by atoms with van der Waals surface area (Å²) in [6.07, 6.45) is 4.15. The third-order valence-electron chi connectivity index (χ3n) is 2.07. The third-order valence-corrected chi connectivity index (χ3v) is 3.18. The van der Waals surface area contributed by atoms with E-state index >= 15 is 0 Å². The van der Waals surface area contributed by atoms with E-state index in [2.05, 4.69) is 11.7 Å². The minimum Gasteiger partial charge on any atom is -0.463 e. The van der Waals surface area contributed by atoms with Crippen molar-refractivity contribution in [2.45, 2.75) is 38.1 Å². The molecule has 0 radical (unpaired) electrons. The Balaban J connectivity index is 3.76. The van der Waals surface area contributed by atoms with Gasteiger partial charge in [0, 0.05) is 15.8 Å². The molecule has 0 aromatic carbocycles. The van der Waals surface area contributed by atoms with Crippen molar-refractivity contribution in [2.75, 3.05) is 7.11 Å². The van der Waals surface area contributed by atoms with E-state index in [0.717, 1.165) is 35.9 Å². The molecule has 0 spiro atoms. The van der Waals surface area contributed by atoms with Gasteiger partial charge in [-0.05, 0) is 6.42 Å². The summed E-state index contributed by atoms with van der Waals surface area (Å²) in [5, 5.41) is 0. The van der Waals surface area contributed by atoms with Crippen LogP contribution in [0.4, 0.5) is 0 Å². The second-order valence-corrected chi connectivity index (χ2v) is 4.65. The number of ketones is 1. The standard InChI is InChI=1S/C9H18O3Si/c1-3-4-5-6-7(13)8(10)9(11)12-2/h7H,3-6H2,1-2,13H3. The number of Topliss-reactive ketones (excluding diaryl/α,β-unsaturated/α-hetero) is 1. The lowest BCUT2D eigenvalue weighted by Crippen LogP contribution is -2.21. The van der Waals surface area contributed by atoms with Crippen LogP contribution in [-0.4, -0.2) is 29.1 Å². The number of hydrogen-bond donors (Lipinski definition) is 0. The van der Waals surface area contributed by atoms with E-state index in [9.17, 15) is 9.59 Å². The number of carbonyl (C=O) groups excluding carboxylic acids is 2. The number of esters is 1. The molecule has 0 heterocycles. The quantitative estimate of drug-likeness (QED) is 0.272. The maximum absolute atomic E-state index is 11.2. The van der Waals surface area contributed by atoms with Crippen molar-refractivity contribution in [3.8, 4) is 0 Å². The number of unbranched alkanes of at least 4 members (excludes halogenated alkanes) is 2. The van der Waals surface area contributed by atoms with Gasteiger partial charge in [-0.25, -0.2) is 4.79 Å². The van der Waals surface area contributed by atoms with Gasteiger partial charge in [-0.1, -0.05) is 26.2 Å². The molecule has 0 aliphatic heterocycles. The fourth-order valence-corrected chi connectivity index (χ4v) is 1.78. The predicted octanol–water partition coefficient (Wildman–Crippen LogP) is 0.463. The molecule has 0 rings (SSSR count). The minimum absolute atomic E-state index is 0.0565. The molecule has 1 unspecified atom stereocenters. The Morgan fingerprint density at radius 2 is 2.00 bits per heavy atom. The molecule has 0 saturated heterocycles. The van der Waals surface area contributed by atoms with Gasteiger partial charge in [-0.2, -0.15) is 0 Å². The third kappa shape index (κ3) is 4.82. The van der Waals surface area contributed by atoms with Crippen LogP contribution in [0.3, 0.4) is 0 Å². The van der Waals surface area contributed by atoms with E-state index in [4.69, 9.17) is 0 Å². The van der Waals surface area contributed by atoms with Gasteiger partial charge in [0.2, 0.25) is 5.78 Å². The summed E-state index contributed by atoms with van der Waals surface area (Å²) in [4.78, 5) is 22.1.